The van der Waals surface area contributed by atoms with E-state index in [1.807, 2.05) is 0 Å². The molecule has 1 aliphatic heterocycles. The number of carbonyl (C=O) groups excluding carboxylic acids is 2. The summed E-state index contributed by atoms with van der Waals surface area (Å²) >= 11 is 0. The first-order valence-corrected chi connectivity index (χ1v) is 9.40. The molecule has 1 atom stereocenters. The van der Waals surface area contributed by atoms with E-state index in [4.69, 9.17) is 4.74 Å². The van der Waals surface area contributed by atoms with Crippen molar-refractivity contribution in [2.24, 2.45) is 5.92 Å². The number of rotatable bonds is 5. The highest BCUT2D eigenvalue weighted by Crippen LogP contribution is 2.31. The van der Waals surface area contributed by atoms with Crippen molar-refractivity contribution in [3.63, 3.8) is 0 Å². The summed E-state index contributed by atoms with van der Waals surface area (Å²) in [4.78, 5) is 28.3. The van der Waals surface area contributed by atoms with Crippen LogP contribution in [0.25, 0.3) is 11.1 Å². The van der Waals surface area contributed by atoms with Gasteiger partial charge in [0.1, 0.15) is 23.7 Å². The van der Waals surface area contributed by atoms with Crippen molar-refractivity contribution >= 4 is 17.7 Å². The molecule has 1 saturated carbocycles. The number of benzene rings is 1. The number of ether oxygens (including phenoxy) is 1. The highest BCUT2D eigenvalue weighted by molar-refractivity contribution is 5.93. The fourth-order valence-corrected chi connectivity index (χ4v) is 3.20. The number of nitrogens with one attached hydrogen (secondary N) is 2. The maximum Gasteiger partial charge on any atom is 0.328 e. The third kappa shape index (κ3) is 4.02. The molecule has 7 heteroatoms. The van der Waals surface area contributed by atoms with Crippen LogP contribution in [0.15, 0.2) is 36.5 Å². The first-order valence-electron chi connectivity index (χ1n) is 9.40. The van der Waals surface area contributed by atoms with E-state index < -0.39 is 0 Å². The number of hydrogen-bond donors (Lipinski definition) is 2. The van der Waals surface area contributed by atoms with Gasteiger partial charge >= 0.3 is 5.97 Å². The Labute approximate surface area is 162 Å². The molecular formula is C21H20N4O3. The van der Waals surface area contributed by atoms with Gasteiger partial charge in [-0.25, -0.2) is 9.78 Å². The Hall–Kier alpha value is -3.24. The van der Waals surface area contributed by atoms with Gasteiger partial charge < -0.3 is 15.4 Å². The van der Waals surface area contributed by atoms with Crippen LogP contribution in [-0.4, -0.2) is 29.4 Å². The molecule has 1 amide bonds. The number of hydrogen-bond acceptors (Lipinski definition) is 6. The lowest BCUT2D eigenvalue weighted by molar-refractivity contribution is -0.136. The average molecular weight is 376 g/mol. The van der Waals surface area contributed by atoms with Gasteiger partial charge in [0, 0.05) is 12.1 Å². The van der Waals surface area contributed by atoms with E-state index in [1.165, 1.54) is 0 Å². The summed E-state index contributed by atoms with van der Waals surface area (Å²) in [7, 11) is 0. The number of esters is 1. The average Bonchev–Trinajstić information content (AvgIpc) is 3.42. The van der Waals surface area contributed by atoms with Crippen LogP contribution in [0.1, 0.15) is 31.2 Å². The molecule has 0 spiro atoms. The monoisotopic (exact) mass is 376 g/mol. The summed E-state index contributed by atoms with van der Waals surface area (Å²) in [6.07, 6.45) is 5.14. The molecule has 0 radical (unpaired) electrons. The standard InChI is InChI=1S/C21H20N4O3/c22-12-16-10-14(5-6-18(16)28-21(27)17-2-1-8-23-17)15-7-9-24-19(11-15)25-20(26)13-3-4-13/h5-7,9-11,13,17,23H,1-4,8H2,(H,24,25,26)/t17-/m0/s1. The van der Waals surface area contributed by atoms with Crippen molar-refractivity contribution in [2.75, 3.05) is 11.9 Å². The minimum Gasteiger partial charge on any atom is -0.424 e. The smallest absolute Gasteiger partial charge is 0.328 e. The first-order chi connectivity index (χ1) is 13.6. The van der Waals surface area contributed by atoms with E-state index in [9.17, 15) is 14.9 Å². The van der Waals surface area contributed by atoms with E-state index >= 15 is 0 Å². The van der Waals surface area contributed by atoms with Gasteiger partial charge in [0.05, 0.1) is 5.56 Å². The fourth-order valence-electron chi connectivity index (χ4n) is 3.20. The van der Waals surface area contributed by atoms with Crippen molar-refractivity contribution in [3.05, 3.63) is 42.1 Å². The summed E-state index contributed by atoms with van der Waals surface area (Å²) in [5, 5.41) is 15.4. The number of amides is 1. The van der Waals surface area contributed by atoms with E-state index in [2.05, 4.69) is 21.7 Å². The lowest BCUT2D eigenvalue weighted by Crippen LogP contribution is -2.34. The Morgan fingerprint density at radius 2 is 2.00 bits per heavy atom. The molecule has 4 rings (SSSR count). The molecule has 7 nitrogen and oxygen atoms in total. The minimum absolute atomic E-state index is 0.00912. The Morgan fingerprint density at radius 1 is 1.18 bits per heavy atom. The molecule has 1 aromatic carbocycles. The van der Waals surface area contributed by atoms with Gasteiger partial charge in [-0.3, -0.25) is 4.79 Å². The summed E-state index contributed by atoms with van der Waals surface area (Å²) in [5.74, 6) is 0.455. The Bertz CT molecular complexity index is 956. The van der Waals surface area contributed by atoms with Gasteiger partial charge in [0.25, 0.3) is 0 Å². The third-order valence-corrected chi connectivity index (χ3v) is 4.95. The first kappa shape index (κ1) is 18.1. The van der Waals surface area contributed by atoms with E-state index in [-0.39, 0.29) is 35.1 Å². The second kappa shape index (κ2) is 7.79. The summed E-state index contributed by atoms with van der Waals surface area (Å²) in [6, 6.07) is 10.4. The molecule has 1 aliphatic carbocycles. The molecule has 2 heterocycles. The van der Waals surface area contributed by atoms with Gasteiger partial charge in [-0.05, 0) is 67.6 Å². The van der Waals surface area contributed by atoms with Gasteiger partial charge in [-0.2, -0.15) is 5.26 Å². The molecular weight excluding hydrogens is 356 g/mol. The minimum atomic E-state index is -0.365. The largest absolute Gasteiger partial charge is 0.424 e. The van der Waals surface area contributed by atoms with Gasteiger partial charge in [0.15, 0.2) is 0 Å². The highest BCUT2D eigenvalue weighted by Gasteiger charge is 2.29. The van der Waals surface area contributed by atoms with Crippen LogP contribution in [0.5, 0.6) is 5.75 Å². The molecule has 0 bridgehead atoms. The molecule has 2 fully saturated rings. The van der Waals surface area contributed by atoms with Crippen molar-refractivity contribution in [1.29, 1.82) is 5.26 Å². The van der Waals surface area contributed by atoms with Crippen molar-refractivity contribution in [3.8, 4) is 22.9 Å². The topological polar surface area (TPSA) is 104 Å². The van der Waals surface area contributed by atoms with Crippen LogP contribution in [0.2, 0.25) is 0 Å². The van der Waals surface area contributed by atoms with Crippen LogP contribution < -0.4 is 15.4 Å². The molecule has 2 aromatic rings. The highest BCUT2D eigenvalue weighted by atomic mass is 16.5. The molecule has 142 valence electrons. The van der Waals surface area contributed by atoms with E-state index in [0.29, 0.717) is 5.82 Å². The Balaban J connectivity index is 1.53. The number of carbonyl (C=O) groups is 2. The number of pyridine rings is 1. The normalized spacial score (nSPS) is 18.3. The zero-order valence-corrected chi connectivity index (χ0v) is 15.3. The van der Waals surface area contributed by atoms with Crippen LogP contribution in [0.4, 0.5) is 5.82 Å². The van der Waals surface area contributed by atoms with Crippen LogP contribution in [-0.2, 0) is 9.59 Å². The predicted molar refractivity (Wildman–Crippen MR) is 102 cm³/mol. The van der Waals surface area contributed by atoms with Gasteiger partial charge in [-0.15, -0.1) is 0 Å². The molecule has 28 heavy (non-hydrogen) atoms. The molecule has 0 unspecified atom stereocenters. The molecule has 1 aromatic heterocycles. The van der Waals surface area contributed by atoms with Crippen molar-refractivity contribution < 1.29 is 14.3 Å². The molecule has 1 saturated heterocycles. The van der Waals surface area contributed by atoms with Crippen molar-refractivity contribution in [2.45, 2.75) is 31.7 Å². The van der Waals surface area contributed by atoms with Gasteiger partial charge in [-0.1, -0.05) is 6.07 Å². The lowest BCUT2D eigenvalue weighted by atomic mass is 10.0. The number of nitriles is 1. The second-order valence-electron chi connectivity index (χ2n) is 7.09. The third-order valence-electron chi connectivity index (χ3n) is 4.95. The maximum atomic E-state index is 12.2. The van der Waals surface area contributed by atoms with Crippen LogP contribution in [0.3, 0.4) is 0 Å². The summed E-state index contributed by atoms with van der Waals surface area (Å²) < 4.78 is 5.43. The summed E-state index contributed by atoms with van der Waals surface area (Å²) in [6.45, 7) is 0.797. The van der Waals surface area contributed by atoms with Crippen LogP contribution >= 0.6 is 0 Å². The number of nitrogens with zero attached hydrogens (tertiary/aromatic N) is 2. The fraction of sp³-hybridized carbons (Fsp3) is 0.333. The quantitative estimate of drug-likeness (QED) is 0.614. The Morgan fingerprint density at radius 3 is 2.71 bits per heavy atom. The molecule has 2 N–H and O–H groups in total. The van der Waals surface area contributed by atoms with Gasteiger partial charge in [0.2, 0.25) is 5.91 Å². The van der Waals surface area contributed by atoms with E-state index in [0.717, 1.165) is 43.4 Å². The number of anilines is 1. The van der Waals surface area contributed by atoms with E-state index in [1.54, 1.807) is 36.5 Å². The SMILES string of the molecule is N#Cc1cc(-c2ccnc(NC(=O)C3CC3)c2)ccc1OC(=O)[C@@H]1CCCN1. The van der Waals surface area contributed by atoms with Crippen molar-refractivity contribution in [1.82, 2.24) is 10.3 Å². The zero-order chi connectivity index (χ0) is 19.5. The van der Waals surface area contributed by atoms with Crippen LogP contribution in [0, 0.1) is 17.2 Å². The lowest BCUT2D eigenvalue weighted by Gasteiger charge is -2.12. The number of aromatic nitrogens is 1. The maximum absolute atomic E-state index is 12.2. The second-order valence-corrected chi connectivity index (χ2v) is 7.09. The zero-order valence-electron chi connectivity index (χ0n) is 15.3. The Kier molecular flexibility index (Phi) is 5.04. The predicted octanol–water partition coefficient (Wildman–Crippen LogP) is 2.63. The summed E-state index contributed by atoms with van der Waals surface area (Å²) in [5.41, 5.74) is 1.87. The molecule has 2 aliphatic rings.